The van der Waals surface area contributed by atoms with Crippen molar-refractivity contribution in [3.05, 3.63) is 78.6 Å². The molecule has 162 valence electrons. The van der Waals surface area contributed by atoms with Crippen LogP contribution < -0.4 is 10.1 Å². The van der Waals surface area contributed by atoms with Gasteiger partial charge in [-0.1, -0.05) is 24.3 Å². The number of para-hydroxylation sites is 1. The Morgan fingerprint density at radius 1 is 0.938 bits per heavy atom. The van der Waals surface area contributed by atoms with Crippen molar-refractivity contribution in [2.24, 2.45) is 0 Å². The zero-order valence-corrected chi connectivity index (χ0v) is 18.2. The van der Waals surface area contributed by atoms with E-state index in [1.54, 1.807) is 19.5 Å². The van der Waals surface area contributed by atoms with E-state index in [0.29, 0.717) is 5.82 Å². The number of likely N-dealkylation sites (tertiary alicyclic amines) is 1. The molecule has 1 atom stereocenters. The van der Waals surface area contributed by atoms with Crippen LogP contribution >= 0.6 is 0 Å². The highest BCUT2D eigenvalue weighted by Gasteiger charge is 2.24. The van der Waals surface area contributed by atoms with Crippen LogP contribution in [0.1, 0.15) is 24.4 Å². The molecule has 6 nitrogen and oxygen atoms in total. The molecule has 1 saturated heterocycles. The minimum Gasteiger partial charge on any atom is -0.497 e. The number of aromatic nitrogens is 3. The molecule has 4 aromatic rings. The second-order valence-electron chi connectivity index (χ2n) is 8.06. The summed E-state index contributed by atoms with van der Waals surface area (Å²) in [4.78, 5) is 16.4. The Hall–Kier alpha value is -3.51. The SMILES string of the molecule is COc1ccc(C(CNc2nc(-c3ccncc3)nc3ccccc23)N2CCCC2)cc1. The van der Waals surface area contributed by atoms with E-state index >= 15 is 0 Å². The van der Waals surface area contributed by atoms with Crippen LogP contribution in [0.2, 0.25) is 0 Å². The lowest BCUT2D eigenvalue weighted by molar-refractivity contribution is 0.255. The maximum Gasteiger partial charge on any atom is 0.162 e. The van der Waals surface area contributed by atoms with Crippen LogP contribution in [-0.4, -0.2) is 46.6 Å². The standard InChI is InChI=1S/C26H27N5O/c1-32-21-10-8-19(9-11-21)24(31-16-4-5-17-31)18-28-26-22-6-2-3-7-23(22)29-25(30-26)20-12-14-27-15-13-20/h2-3,6-15,24H,4-5,16-18H2,1H3,(H,28,29,30). The van der Waals surface area contributed by atoms with Crippen molar-refractivity contribution in [2.45, 2.75) is 18.9 Å². The fourth-order valence-corrected chi connectivity index (χ4v) is 4.37. The molecule has 2 aromatic heterocycles. The van der Waals surface area contributed by atoms with Crippen LogP contribution in [0, 0.1) is 0 Å². The summed E-state index contributed by atoms with van der Waals surface area (Å²) in [5.74, 6) is 2.45. The van der Waals surface area contributed by atoms with Crippen molar-refractivity contribution in [1.82, 2.24) is 19.9 Å². The number of nitrogens with one attached hydrogen (secondary N) is 1. The van der Waals surface area contributed by atoms with Gasteiger partial charge in [-0.25, -0.2) is 9.97 Å². The van der Waals surface area contributed by atoms with Gasteiger partial charge in [0.05, 0.1) is 18.7 Å². The predicted molar refractivity (Wildman–Crippen MR) is 128 cm³/mol. The van der Waals surface area contributed by atoms with E-state index in [-0.39, 0.29) is 6.04 Å². The average molecular weight is 426 g/mol. The lowest BCUT2D eigenvalue weighted by Gasteiger charge is -2.28. The van der Waals surface area contributed by atoms with E-state index in [0.717, 1.165) is 47.7 Å². The molecule has 1 fully saturated rings. The van der Waals surface area contributed by atoms with Gasteiger partial charge in [-0.2, -0.15) is 0 Å². The molecule has 1 aliphatic heterocycles. The van der Waals surface area contributed by atoms with Crippen LogP contribution in [0.3, 0.4) is 0 Å². The summed E-state index contributed by atoms with van der Waals surface area (Å²) in [5, 5.41) is 4.69. The van der Waals surface area contributed by atoms with Crippen molar-refractivity contribution in [2.75, 3.05) is 32.1 Å². The Labute approximate surface area is 188 Å². The fraction of sp³-hybridized carbons (Fsp3) is 0.269. The molecule has 1 aliphatic rings. The fourth-order valence-electron chi connectivity index (χ4n) is 4.37. The normalized spacial score (nSPS) is 15.0. The van der Waals surface area contributed by atoms with Gasteiger partial charge >= 0.3 is 0 Å². The van der Waals surface area contributed by atoms with Crippen LogP contribution in [0.4, 0.5) is 5.82 Å². The van der Waals surface area contributed by atoms with Crippen LogP contribution in [-0.2, 0) is 0 Å². The summed E-state index contributed by atoms with van der Waals surface area (Å²) in [6, 6.07) is 20.7. The third-order valence-corrected chi connectivity index (χ3v) is 6.09. The molecule has 0 amide bonds. The van der Waals surface area contributed by atoms with Crippen molar-refractivity contribution >= 4 is 16.7 Å². The van der Waals surface area contributed by atoms with Crippen molar-refractivity contribution in [3.8, 4) is 17.1 Å². The number of anilines is 1. The number of hydrogen-bond donors (Lipinski definition) is 1. The molecule has 2 aromatic carbocycles. The summed E-state index contributed by atoms with van der Waals surface area (Å²) in [5.41, 5.74) is 3.17. The second-order valence-corrected chi connectivity index (χ2v) is 8.06. The minimum atomic E-state index is 0.265. The van der Waals surface area contributed by atoms with Gasteiger partial charge in [-0.3, -0.25) is 9.88 Å². The Morgan fingerprint density at radius 2 is 1.69 bits per heavy atom. The zero-order valence-electron chi connectivity index (χ0n) is 18.2. The third kappa shape index (κ3) is 4.27. The number of nitrogens with zero attached hydrogens (tertiary/aromatic N) is 4. The highest BCUT2D eigenvalue weighted by atomic mass is 16.5. The number of methoxy groups -OCH3 is 1. The quantitative estimate of drug-likeness (QED) is 0.452. The highest BCUT2D eigenvalue weighted by Crippen LogP contribution is 2.29. The maximum absolute atomic E-state index is 5.36. The molecule has 1 N–H and O–H groups in total. The molecular weight excluding hydrogens is 398 g/mol. The van der Waals surface area contributed by atoms with Crippen molar-refractivity contribution in [3.63, 3.8) is 0 Å². The third-order valence-electron chi connectivity index (χ3n) is 6.09. The van der Waals surface area contributed by atoms with Crippen LogP contribution in [0.25, 0.3) is 22.3 Å². The molecule has 0 aliphatic carbocycles. The largest absolute Gasteiger partial charge is 0.497 e. The number of rotatable bonds is 7. The molecule has 6 heteroatoms. The number of fused-ring (bicyclic) bond motifs is 1. The lowest BCUT2D eigenvalue weighted by Crippen LogP contribution is -2.31. The number of hydrogen-bond acceptors (Lipinski definition) is 6. The first-order valence-corrected chi connectivity index (χ1v) is 11.1. The first-order valence-electron chi connectivity index (χ1n) is 11.1. The second kappa shape index (κ2) is 9.32. The van der Waals surface area contributed by atoms with Gasteiger partial charge in [0.1, 0.15) is 11.6 Å². The Balaban J connectivity index is 1.47. The van der Waals surface area contributed by atoms with E-state index in [1.807, 2.05) is 42.5 Å². The predicted octanol–water partition coefficient (Wildman–Crippen LogP) is 4.95. The lowest BCUT2D eigenvalue weighted by atomic mass is 10.0. The number of pyridine rings is 1. The van der Waals surface area contributed by atoms with E-state index in [1.165, 1.54) is 18.4 Å². The van der Waals surface area contributed by atoms with Gasteiger partial charge < -0.3 is 10.1 Å². The average Bonchev–Trinajstić information content (AvgIpc) is 3.39. The van der Waals surface area contributed by atoms with Gasteiger partial charge in [0.25, 0.3) is 0 Å². The van der Waals surface area contributed by atoms with Gasteiger partial charge in [0.2, 0.25) is 0 Å². The molecule has 0 spiro atoms. The number of benzene rings is 2. The van der Waals surface area contributed by atoms with E-state index < -0.39 is 0 Å². The van der Waals surface area contributed by atoms with Crippen LogP contribution in [0.5, 0.6) is 5.75 Å². The molecule has 0 saturated carbocycles. The molecule has 1 unspecified atom stereocenters. The Bertz CT molecular complexity index is 1170. The summed E-state index contributed by atoms with van der Waals surface area (Å²) < 4.78 is 5.36. The van der Waals surface area contributed by atoms with Crippen molar-refractivity contribution in [1.29, 1.82) is 0 Å². The molecule has 3 heterocycles. The molecule has 32 heavy (non-hydrogen) atoms. The minimum absolute atomic E-state index is 0.265. The summed E-state index contributed by atoms with van der Waals surface area (Å²) in [6.07, 6.45) is 6.03. The highest BCUT2D eigenvalue weighted by molar-refractivity contribution is 5.90. The summed E-state index contributed by atoms with van der Waals surface area (Å²) >= 11 is 0. The van der Waals surface area contributed by atoms with Crippen LogP contribution in [0.15, 0.2) is 73.1 Å². The zero-order chi connectivity index (χ0) is 21.8. The smallest absolute Gasteiger partial charge is 0.162 e. The Kier molecular flexibility index (Phi) is 5.94. The maximum atomic E-state index is 5.36. The van der Waals surface area contributed by atoms with Gasteiger partial charge in [-0.05, 0) is 67.9 Å². The molecule has 0 bridgehead atoms. The first kappa shape index (κ1) is 20.4. The summed E-state index contributed by atoms with van der Waals surface area (Å²) in [7, 11) is 1.70. The van der Waals surface area contributed by atoms with Crippen molar-refractivity contribution < 1.29 is 4.74 Å². The van der Waals surface area contributed by atoms with Gasteiger partial charge in [0.15, 0.2) is 5.82 Å². The monoisotopic (exact) mass is 425 g/mol. The molecule has 0 radical (unpaired) electrons. The van der Waals surface area contributed by atoms with Gasteiger partial charge in [-0.15, -0.1) is 0 Å². The first-order chi connectivity index (χ1) is 15.8. The van der Waals surface area contributed by atoms with E-state index in [4.69, 9.17) is 14.7 Å². The Morgan fingerprint density at radius 3 is 2.44 bits per heavy atom. The number of ether oxygens (including phenoxy) is 1. The molecular formula is C26H27N5O. The molecule has 5 rings (SSSR count). The topological polar surface area (TPSA) is 63.2 Å². The van der Waals surface area contributed by atoms with E-state index in [2.05, 4.69) is 33.4 Å². The van der Waals surface area contributed by atoms with Gasteiger partial charge in [0, 0.05) is 29.9 Å². The van der Waals surface area contributed by atoms with E-state index in [9.17, 15) is 0 Å². The summed E-state index contributed by atoms with van der Waals surface area (Å²) in [6.45, 7) is 3.00.